The molecule has 0 spiro atoms. The van der Waals surface area contributed by atoms with E-state index in [2.05, 4.69) is 0 Å². The van der Waals surface area contributed by atoms with Crippen molar-refractivity contribution in [2.24, 2.45) is 5.73 Å². The molecule has 2 aromatic carbocycles. The van der Waals surface area contributed by atoms with Gasteiger partial charge in [0.25, 0.3) is 0 Å². The Balaban J connectivity index is 2.13. The molecule has 2 rings (SSSR count). The highest BCUT2D eigenvalue weighted by Gasteiger charge is 2.29. The van der Waals surface area contributed by atoms with E-state index in [1.807, 2.05) is 0 Å². The molecular formula is C15H13F4N. The number of hydrogen-bond donors (Lipinski definition) is 1. The zero-order valence-corrected chi connectivity index (χ0v) is 10.5. The molecule has 2 N–H and O–H groups in total. The van der Waals surface area contributed by atoms with Crippen molar-refractivity contribution in [1.29, 1.82) is 0 Å². The summed E-state index contributed by atoms with van der Waals surface area (Å²) in [5.74, 6) is -0.410. The Morgan fingerprint density at radius 1 is 0.950 bits per heavy atom. The topological polar surface area (TPSA) is 26.0 Å². The normalized spacial score (nSPS) is 13.2. The van der Waals surface area contributed by atoms with Crippen molar-refractivity contribution >= 4 is 0 Å². The minimum atomic E-state index is -4.35. The van der Waals surface area contributed by atoms with Crippen molar-refractivity contribution in [1.82, 2.24) is 0 Å². The molecule has 0 amide bonds. The quantitative estimate of drug-likeness (QED) is 0.844. The number of halogens is 4. The summed E-state index contributed by atoms with van der Waals surface area (Å²) in [6.45, 7) is 0. The molecule has 1 nitrogen and oxygen atoms in total. The maximum absolute atomic E-state index is 13.5. The molecule has 0 aromatic heterocycles. The molecule has 106 valence electrons. The van der Waals surface area contributed by atoms with E-state index in [0.717, 1.165) is 12.1 Å². The first-order chi connectivity index (χ1) is 9.38. The summed E-state index contributed by atoms with van der Waals surface area (Å²) in [7, 11) is 0. The Labute approximate surface area is 114 Å². The molecule has 2 aromatic rings. The first kappa shape index (κ1) is 14.5. The van der Waals surface area contributed by atoms with E-state index in [-0.39, 0.29) is 6.42 Å². The number of alkyl halides is 3. The fourth-order valence-electron chi connectivity index (χ4n) is 1.97. The van der Waals surface area contributed by atoms with E-state index >= 15 is 0 Å². The summed E-state index contributed by atoms with van der Waals surface area (Å²) >= 11 is 0. The minimum Gasteiger partial charge on any atom is -0.324 e. The Bertz CT molecular complexity index is 575. The summed E-state index contributed by atoms with van der Waals surface area (Å²) in [4.78, 5) is 0. The molecule has 20 heavy (non-hydrogen) atoms. The first-order valence-electron chi connectivity index (χ1n) is 6.04. The van der Waals surface area contributed by atoms with Gasteiger partial charge in [-0.3, -0.25) is 0 Å². The SMILES string of the molecule is NC(Cc1ccc(C(F)(F)F)cc1)c1ccccc1F. The van der Waals surface area contributed by atoms with Crippen LogP contribution in [0.3, 0.4) is 0 Å². The van der Waals surface area contributed by atoms with Gasteiger partial charge in [-0.2, -0.15) is 13.2 Å². The number of hydrogen-bond acceptors (Lipinski definition) is 1. The lowest BCUT2D eigenvalue weighted by Crippen LogP contribution is -2.15. The van der Waals surface area contributed by atoms with Gasteiger partial charge >= 0.3 is 6.18 Å². The predicted octanol–water partition coefficient (Wildman–Crippen LogP) is 4.09. The fraction of sp³-hybridized carbons (Fsp3) is 0.200. The largest absolute Gasteiger partial charge is 0.416 e. The second-order valence-corrected chi connectivity index (χ2v) is 4.53. The van der Waals surface area contributed by atoms with Gasteiger partial charge in [-0.1, -0.05) is 30.3 Å². The molecule has 0 aliphatic carbocycles. The minimum absolute atomic E-state index is 0.277. The van der Waals surface area contributed by atoms with Gasteiger partial charge in [-0.25, -0.2) is 4.39 Å². The highest BCUT2D eigenvalue weighted by Crippen LogP contribution is 2.29. The van der Waals surface area contributed by atoms with Crippen molar-refractivity contribution in [2.45, 2.75) is 18.6 Å². The molecule has 0 aliphatic rings. The first-order valence-corrected chi connectivity index (χ1v) is 6.04. The van der Waals surface area contributed by atoms with Crippen molar-refractivity contribution in [2.75, 3.05) is 0 Å². The van der Waals surface area contributed by atoms with Crippen LogP contribution in [0.25, 0.3) is 0 Å². The maximum Gasteiger partial charge on any atom is 0.416 e. The van der Waals surface area contributed by atoms with Crippen LogP contribution in [0.4, 0.5) is 17.6 Å². The van der Waals surface area contributed by atoms with Gasteiger partial charge in [-0.05, 0) is 30.2 Å². The van der Waals surface area contributed by atoms with Gasteiger partial charge in [0.2, 0.25) is 0 Å². The Morgan fingerprint density at radius 3 is 2.10 bits per heavy atom. The monoisotopic (exact) mass is 283 g/mol. The standard InChI is InChI=1S/C15H13F4N/c16-13-4-2-1-3-12(13)14(20)9-10-5-7-11(8-6-10)15(17,18)19/h1-8,14H,9,20H2. The summed E-state index contributed by atoms with van der Waals surface area (Å²) in [5.41, 5.74) is 6.17. The number of benzene rings is 2. The highest BCUT2D eigenvalue weighted by molar-refractivity contribution is 5.28. The van der Waals surface area contributed by atoms with E-state index in [1.165, 1.54) is 18.2 Å². The van der Waals surface area contributed by atoms with E-state index in [1.54, 1.807) is 18.2 Å². The third-order valence-corrected chi connectivity index (χ3v) is 3.04. The molecule has 0 saturated heterocycles. The van der Waals surface area contributed by atoms with Gasteiger partial charge in [0.05, 0.1) is 5.56 Å². The van der Waals surface area contributed by atoms with Crippen LogP contribution >= 0.6 is 0 Å². The lowest BCUT2D eigenvalue weighted by Gasteiger charge is -2.14. The van der Waals surface area contributed by atoms with Gasteiger partial charge in [0, 0.05) is 11.6 Å². The van der Waals surface area contributed by atoms with Gasteiger partial charge in [0.15, 0.2) is 0 Å². The second kappa shape index (κ2) is 5.63. The zero-order valence-electron chi connectivity index (χ0n) is 10.5. The summed E-state index contributed by atoms with van der Waals surface area (Å²) in [5, 5.41) is 0. The Hall–Kier alpha value is -1.88. The van der Waals surface area contributed by atoms with Crippen LogP contribution in [0.5, 0.6) is 0 Å². The molecule has 0 heterocycles. The fourth-order valence-corrected chi connectivity index (χ4v) is 1.97. The lowest BCUT2D eigenvalue weighted by molar-refractivity contribution is -0.137. The summed E-state index contributed by atoms with van der Waals surface area (Å²) in [6, 6.07) is 10.3. The van der Waals surface area contributed by atoms with Gasteiger partial charge in [0.1, 0.15) is 5.82 Å². The second-order valence-electron chi connectivity index (χ2n) is 4.53. The van der Waals surface area contributed by atoms with Crippen molar-refractivity contribution in [3.63, 3.8) is 0 Å². The van der Waals surface area contributed by atoms with E-state index in [4.69, 9.17) is 5.73 Å². The van der Waals surface area contributed by atoms with Crippen LogP contribution in [0.15, 0.2) is 48.5 Å². The average molecular weight is 283 g/mol. The van der Waals surface area contributed by atoms with E-state index in [0.29, 0.717) is 11.1 Å². The number of rotatable bonds is 3. The van der Waals surface area contributed by atoms with E-state index in [9.17, 15) is 17.6 Å². The molecule has 0 aliphatic heterocycles. The molecule has 0 saturated carbocycles. The van der Waals surface area contributed by atoms with Crippen LogP contribution in [-0.4, -0.2) is 0 Å². The lowest BCUT2D eigenvalue weighted by atomic mass is 9.98. The number of nitrogens with two attached hydrogens (primary N) is 1. The molecule has 1 atom stereocenters. The molecule has 0 bridgehead atoms. The van der Waals surface area contributed by atoms with Crippen LogP contribution in [0, 0.1) is 5.82 Å². The summed E-state index contributed by atoms with van der Waals surface area (Å²) < 4.78 is 50.8. The van der Waals surface area contributed by atoms with Crippen molar-refractivity contribution < 1.29 is 17.6 Å². The Morgan fingerprint density at radius 2 is 1.55 bits per heavy atom. The molecular weight excluding hydrogens is 270 g/mol. The van der Waals surface area contributed by atoms with Crippen molar-refractivity contribution in [3.05, 3.63) is 71.0 Å². The maximum atomic E-state index is 13.5. The van der Waals surface area contributed by atoms with Crippen LogP contribution in [0.2, 0.25) is 0 Å². The predicted molar refractivity (Wildman–Crippen MR) is 68.5 cm³/mol. The molecule has 0 fully saturated rings. The smallest absolute Gasteiger partial charge is 0.324 e. The zero-order chi connectivity index (χ0) is 14.8. The van der Waals surface area contributed by atoms with Crippen LogP contribution in [-0.2, 0) is 12.6 Å². The van der Waals surface area contributed by atoms with E-state index < -0.39 is 23.6 Å². The van der Waals surface area contributed by atoms with Crippen LogP contribution in [0.1, 0.15) is 22.7 Å². The third kappa shape index (κ3) is 3.36. The third-order valence-electron chi connectivity index (χ3n) is 3.04. The average Bonchev–Trinajstić information content (AvgIpc) is 2.38. The van der Waals surface area contributed by atoms with Gasteiger partial charge in [-0.15, -0.1) is 0 Å². The molecule has 1 unspecified atom stereocenters. The Kier molecular flexibility index (Phi) is 4.09. The van der Waals surface area contributed by atoms with Gasteiger partial charge < -0.3 is 5.73 Å². The van der Waals surface area contributed by atoms with Crippen LogP contribution < -0.4 is 5.73 Å². The van der Waals surface area contributed by atoms with Crippen molar-refractivity contribution in [3.8, 4) is 0 Å². The summed E-state index contributed by atoms with van der Waals surface area (Å²) in [6.07, 6.45) is -4.08. The molecule has 0 radical (unpaired) electrons. The highest BCUT2D eigenvalue weighted by atomic mass is 19.4. The molecule has 5 heteroatoms.